The normalized spacial score (nSPS) is 17.4. The Balaban J connectivity index is 1.90. The second kappa shape index (κ2) is 5.61. The molecule has 1 saturated heterocycles. The third kappa shape index (κ3) is 3.17. The van der Waals surface area contributed by atoms with E-state index in [1.54, 1.807) is 0 Å². The Morgan fingerprint density at radius 1 is 1.25 bits per heavy atom. The van der Waals surface area contributed by atoms with E-state index in [2.05, 4.69) is 15.2 Å². The molecular formula is C9H11Cl2N3O2. The zero-order chi connectivity index (χ0) is 11.4. The third-order valence-corrected chi connectivity index (χ3v) is 2.78. The van der Waals surface area contributed by atoms with E-state index in [0.29, 0.717) is 12.5 Å². The molecule has 0 saturated carbocycles. The van der Waals surface area contributed by atoms with Gasteiger partial charge in [-0.1, -0.05) is 11.6 Å². The highest BCUT2D eigenvalue weighted by molar-refractivity contribution is 6.31. The Morgan fingerprint density at radius 2 is 2.00 bits per heavy atom. The Kier molecular flexibility index (Phi) is 4.15. The summed E-state index contributed by atoms with van der Waals surface area (Å²) in [6.45, 7) is 2.12. The van der Waals surface area contributed by atoms with E-state index in [1.165, 1.54) is 0 Å². The summed E-state index contributed by atoms with van der Waals surface area (Å²) in [5, 5.41) is 7.29. The van der Waals surface area contributed by atoms with Crippen molar-refractivity contribution >= 4 is 23.2 Å². The van der Waals surface area contributed by atoms with Gasteiger partial charge in [-0.15, -0.1) is 10.2 Å². The predicted molar refractivity (Wildman–Crippen MR) is 58.9 cm³/mol. The number of aromatic nitrogens is 3. The second-order valence-corrected chi connectivity index (χ2v) is 4.24. The fourth-order valence-electron chi connectivity index (χ4n) is 1.48. The van der Waals surface area contributed by atoms with Crippen molar-refractivity contribution in [3.05, 3.63) is 10.4 Å². The molecule has 0 bridgehead atoms. The molecular weight excluding hydrogens is 253 g/mol. The van der Waals surface area contributed by atoms with E-state index in [-0.39, 0.29) is 16.3 Å². The van der Waals surface area contributed by atoms with Crippen molar-refractivity contribution < 1.29 is 9.47 Å². The van der Waals surface area contributed by atoms with E-state index >= 15 is 0 Å². The maximum Gasteiger partial charge on any atom is 0.256 e. The highest BCUT2D eigenvalue weighted by Crippen LogP contribution is 2.22. The molecule has 88 valence electrons. The third-order valence-electron chi connectivity index (χ3n) is 2.39. The van der Waals surface area contributed by atoms with Crippen molar-refractivity contribution in [3.8, 4) is 5.88 Å². The number of hydrogen-bond donors (Lipinski definition) is 0. The summed E-state index contributed by atoms with van der Waals surface area (Å²) in [5.41, 5.74) is 0. The lowest BCUT2D eigenvalue weighted by molar-refractivity contribution is 0.0489. The molecule has 1 aromatic heterocycles. The number of ether oxygens (including phenoxy) is 2. The van der Waals surface area contributed by atoms with Crippen LogP contribution in [0.3, 0.4) is 0 Å². The zero-order valence-electron chi connectivity index (χ0n) is 8.53. The molecule has 0 amide bonds. The summed E-state index contributed by atoms with van der Waals surface area (Å²) in [4.78, 5) is 3.86. The van der Waals surface area contributed by atoms with Crippen LogP contribution < -0.4 is 4.74 Å². The Bertz CT molecular complexity index is 359. The van der Waals surface area contributed by atoms with Crippen LogP contribution in [-0.2, 0) is 4.74 Å². The maximum absolute atomic E-state index is 5.77. The van der Waals surface area contributed by atoms with Gasteiger partial charge in [-0.05, 0) is 30.4 Å². The van der Waals surface area contributed by atoms with Gasteiger partial charge < -0.3 is 9.47 Å². The first kappa shape index (κ1) is 11.8. The summed E-state index contributed by atoms with van der Waals surface area (Å²) in [6, 6.07) is 0. The van der Waals surface area contributed by atoms with Crippen LogP contribution >= 0.6 is 23.2 Å². The summed E-state index contributed by atoms with van der Waals surface area (Å²) < 4.78 is 10.7. The van der Waals surface area contributed by atoms with Crippen LogP contribution in [0.15, 0.2) is 0 Å². The topological polar surface area (TPSA) is 57.1 Å². The van der Waals surface area contributed by atoms with Crippen molar-refractivity contribution in [2.24, 2.45) is 5.92 Å². The summed E-state index contributed by atoms with van der Waals surface area (Å²) in [7, 11) is 0. The minimum atomic E-state index is 0.0337. The zero-order valence-corrected chi connectivity index (χ0v) is 10.0. The van der Waals surface area contributed by atoms with E-state index in [0.717, 1.165) is 26.1 Å². The molecule has 0 aromatic carbocycles. The average Bonchev–Trinajstić information content (AvgIpc) is 2.32. The molecule has 0 N–H and O–H groups in total. The van der Waals surface area contributed by atoms with Crippen LogP contribution in [0.4, 0.5) is 0 Å². The van der Waals surface area contributed by atoms with Crippen LogP contribution in [0.2, 0.25) is 10.4 Å². The smallest absolute Gasteiger partial charge is 0.256 e. The van der Waals surface area contributed by atoms with Gasteiger partial charge in [-0.2, -0.15) is 4.98 Å². The van der Waals surface area contributed by atoms with E-state index in [1.807, 2.05) is 0 Å². The second-order valence-electron chi connectivity index (χ2n) is 3.54. The standard InChI is InChI=1S/C9H11Cl2N3O2/c10-7-8(12-9(11)14-13-7)16-5-6-1-3-15-4-2-6/h6H,1-5H2. The van der Waals surface area contributed by atoms with Crippen LogP contribution in [0.5, 0.6) is 5.88 Å². The Labute approximate surface area is 103 Å². The van der Waals surface area contributed by atoms with Gasteiger partial charge >= 0.3 is 0 Å². The van der Waals surface area contributed by atoms with Gasteiger partial charge in [0.1, 0.15) is 0 Å². The maximum atomic E-state index is 5.77. The predicted octanol–water partition coefficient (Wildman–Crippen LogP) is 1.98. The molecule has 2 heterocycles. The van der Waals surface area contributed by atoms with Gasteiger partial charge in [-0.25, -0.2) is 0 Å². The molecule has 0 unspecified atom stereocenters. The molecule has 0 radical (unpaired) electrons. The first-order chi connectivity index (χ1) is 7.75. The Hall–Kier alpha value is -0.650. The van der Waals surface area contributed by atoms with Crippen molar-refractivity contribution in [1.29, 1.82) is 0 Å². The van der Waals surface area contributed by atoms with Gasteiger partial charge in [0.25, 0.3) is 5.88 Å². The number of halogens is 2. The van der Waals surface area contributed by atoms with Crippen LogP contribution in [0.25, 0.3) is 0 Å². The molecule has 1 aliphatic rings. The molecule has 1 fully saturated rings. The van der Waals surface area contributed by atoms with Crippen molar-refractivity contribution in [2.75, 3.05) is 19.8 Å². The lowest BCUT2D eigenvalue weighted by atomic mass is 10.0. The summed E-state index contributed by atoms with van der Waals surface area (Å²) in [5.74, 6) is 0.715. The van der Waals surface area contributed by atoms with Crippen LogP contribution in [0, 0.1) is 5.92 Å². The quantitative estimate of drug-likeness (QED) is 0.835. The summed E-state index contributed by atoms with van der Waals surface area (Å²) >= 11 is 11.4. The summed E-state index contributed by atoms with van der Waals surface area (Å²) in [6.07, 6.45) is 1.98. The fourth-order valence-corrected chi connectivity index (χ4v) is 1.73. The van der Waals surface area contributed by atoms with Crippen molar-refractivity contribution in [2.45, 2.75) is 12.8 Å². The molecule has 0 aliphatic carbocycles. The first-order valence-electron chi connectivity index (χ1n) is 5.02. The average molecular weight is 264 g/mol. The van der Waals surface area contributed by atoms with Gasteiger partial charge in [0, 0.05) is 13.2 Å². The SMILES string of the molecule is Clc1nnc(Cl)c(OCC2CCOCC2)n1. The molecule has 2 rings (SSSR count). The van der Waals surface area contributed by atoms with E-state index in [4.69, 9.17) is 32.7 Å². The van der Waals surface area contributed by atoms with E-state index < -0.39 is 0 Å². The fraction of sp³-hybridized carbons (Fsp3) is 0.667. The highest BCUT2D eigenvalue weighted by atomic mass is 35.5. The molecule has 5 nitrogen and oxygen atoms in total. The monoisotopic (exact) mass is 263 g/mol. The van der Waals surface area contributed by atoms with E-state index in [9.17, 15) is 0 Å². The molecule has 0 atom stereocenters. The number of hydrogen-bond acceptors (Lipinski definition) is 5. The van der Waals surface area contributed by atoms with Crippen molar-refractivity contribution in [3.63, 3.8) is 0 Å². The lowest BCUT2D eigenvalue weighted by Gasteiger charge is -2.21. The first-order valence-corrected chi connectivity index (χ1v) is 5.77. The van der Waals surface area contributed by atoms with Crippen LogP contribution in [0.1, 0.15) is 12.8 Å². The number of rotatable bonds is 3. The molecule has 16 heavy (non-hydrogen) atoms. The van der Waals surface area contributed by atoms with Gasteiger partial charge in [0.2, 0.25) is 10.4 Å². The minimum Gasteiger partial charge on any atom is -0.475 e. The largest absolute Gasteiger partial charge is 0.475 e. The Morgan fingerprint density at radius 3 is 2.75 bits per heavy atom. The number of nitrogens with zero attached hydrogens (tertiary/aromatic N) is 3. The van der Waals surface area contributed by atoms with Crippen molar-refractivity contribution in [1.82, 2.24) is 15.2 Å². The van der Waals surface area contributed by atoms with Gasteiger partial charge in [-0.3, -0.25) is 0 Å². The molecule has 1 aliphatic heterocycles. The molecule has 7 heteroatoms. The highest BCUT2D eigenvalue weighted by Gasteiger charge is 2.16. The van der Waals surface area contributed by atoms with Gasteiger partial charge in [0.15, 0.2) is 0 Å². The minimum absolute atomic E-state index is 0.0337. The van der Waals surface area contributed by atoms with Crippen LogP contribution in [-0.4, -0.2) is 35.0 Å². The van der Waals surface area contributed by atoms with Gasteiger partial charge in [0.05, 0.1) is 6.61 Å². The molecule has 0 spiro atoms. The molecule has 1 aromatic rings. The lowest BCUT2D eigenvalue weighted by Crippen LogP contribution is -2.21.